The molecule has 0 amide bonds. The van der Waals surface area contributed by atoms with E-state index in [-0.39, 0.29) is 0 Å². The first kappa shape index (κ1) is 12.9. The number of benzene rings is 1. The van der Waals surface area contributed by atoms with Gasteiger partial charge in [0, 0.05) is 0 Å². The summed E-state index contributed by atoms with van der Waals surface area (Å²) in [5.74, 6) is 0.826. The second-order valence-electron chi connectivity index (χ2n) is 5.97. The Kier molecular flexibility index (Phi) is 4.34. The Morgan fingerprint density at radius 2 is 1.68 bits per heavy atom. The maximum atomic E-state index is 3.46. The van der Waals surface area contributed by atoms with Crippen molar-refractivity contribution in [2.45, 2.75) is 50.9 Å². The summed E-state index contributed by atoms with van der Waals surface area (Å²) in [5.41, 5.74) is 4.53. The molecule has 0 radical (unpaired) electrons. The fourth-order valence-corrected chi connectivity index (χ4v) is 3.47. The SMILES string of the molecule is C1=C(c2ccc(C3CCCCC3)cc2)CCNCC1. The molecule has 1 aliphatic heterocycles. The van der Waals surface area contributed by atoms with E-state index in [0.717, 1.165) is 19.0 Å². The van der Waals surface area contributed by atoms with Crippen molar-refractivity contribution in [2.24, 2.45) is 0 Å². The van der Waals surface area contributed by atoms with Gasteiger partial charge in [-0.15, -0.1) is 0 Å². The van der Waals surface area contributed by atoms with Crippen LogP contribution in [0.2, 0.25) is 0 Å². The molecule has 0 unspecified atom stereocenters. The smallest absolute Gasteiger partial charge is 0.000812 e. The third kappa shape index (κ3) is 3.27. The van der Waals surface area contributed by atoms with Gasteiger partial charge in [-0.25, -0.2) is 0 Å². The van der Waals surface area contributed by atoms with Gasteiger partial charge in [-0.3, -0.25) is 0 Å². The molecular weight excluding hydrogens is 230 g/mol. The molecule has 1 aromatic carbocycles. The van der Waals surface area contributed by atoms with Gasteiger partial charge >= 0.3 is 0 Å². The van der Waals surface area contributed by atoms with Gasteiger partial charge in [-0.2, -0.15) is 0 Å². The minimum atomic E-state index is 0.826. The van der Waals surface area contributed by atoms with Crippen molar-refractivity contribution in [1.82, 2.24) is 5.32 Å². The first-order valence-electron chi connectivity index (χ1n) is 7.93. The van der Waals surface area contributed by atoms with Gasteiger partial charge < -0.3 is 5.32 Å². The van der Waals surface area contributed by atoms with Gasteiger partial charge in [0.25, 0.3) is 0 Å². The monoisotopic (exact) mass is 255 g/mol. The van der Waals surface area contributed by atoms with Crippen molar-refractivity contribution in [3.05, 3.63) is 41.5 Å². The van der Waals surface area contributed by atoms with Crippen LogP contribution in [-0.2, 0) is 0 Å². The lowest BCUT2D eigenvalue weighted by Crippen LogP contribution is -2.13. The number of nitrogens with one attached hydrogen (secondary N) is 1. The number of hydrogen-bond donors (Lipinski definition) is 1. The maximum Gasteiger partial charge on any atom is -0.000812 e. The minimum absolute atomic E-state index is 0.826. The highest BCUT2D eigenvalue weighted by Crippen LogP contribution is 2.33. The predicted molar refractivity (Wildman–Crippen MR) is 82.3 cm³/mol. The van der Waals surface area contributed by atoms with E-state index in [9.17, 15) is 0 Å². The molecule has 102 valence electrons. The molecule has 1 aromatic rings. The van der Waals surface area contributed by atoms with Crippen LogP contribution >= 0.6 is 0 Å². The van der Waals surface area contributed by atoms with E-state index in [1.165, 1.54) is 56.1 Å². The first-order chi connectivity index (χ1) is 9.43. The zero-order valence-corrected chi connectivity index (χ0v) is 11.8. The molecule has 19 heavy (non-hydrogen) atoms. The molecule has 1 saturated carbocycles. The Labute approximate surface area is 117 Å². The molecule has 1 aliphatic carbocycles. The summed E-state index contributed by atoms with van der Waals surface area (Å²) in [6, 6.07) is 9.46. The summed E-state index contributed by atoms with van der Waals surface area (Å²) in [5, 5.41) is 3.46. The Balaban J connectivity index is 1.72. The summed E-state index contributed by atoms with van der Waals surface area (Å²) < 4.78 is 0. The minimum Gasteiger partial charge on any atom is -0.316 e. The van der Waals surface area contributed by atoms with Crippen molar-refractivity contribution in [3.63, 3.8) is 0 Å². The highest BCUT2D eigenvalue weighted by molar-refractivity contribution is 5.66. The summed E-state index contributed by atoms with van der Waals surface area (Å²) in [6.45, 7) is 2.25. The molecule has 0 spiro atoms. The molecule has 2 aliphatic rings. The molecule has 1 nitrogen and oxygen atoms in total. The molecule has 0 atom stereocenters. The summed E-state index contributed by atoms with van der Waals surface area (Å²) in [4.78, 5) is 0. The molecule has 1 N–H and O–H groups in total. The Morgan fingerprint density at radius 1 is 0.895 bits per heavy atom. The van der Waals surface area contributed by atoms with E-state index < -0.39 is 0 Å². The van der Waals surface area contributed by atoms with Crippen LogP contribution < -0.4 is 5.32 Å². The van der Waals surface area contributed by atoms with Crippen molar-refractivity contribution in [3.8, 4) is 0 Å². The van der Waals surface area contributed by atoms with E-state index in [2.05, 4.69) is 35.7 Å². The third-order valence-electron chi connectivity index (χ3n) is 4.64. The van der Waals surface area contributed by atoms with Crippen LogP contribution in [0, 0.1) is 0 Å². The van der Waals surface area contributed by atoms with Crippen LogP contribution in [0.3, 0.4) is 0 Å². The van der Waals surface area contributed by atoms with Crippen LogP contribution in [0.1, 0.15) is 62.0 Å². The third-order valence-corrected chi connectivity index (χ3v) is 4.64. The number of hydrogen-bond acceptors (Lipinski definition) is 1. The van der Waals surface area contributed by atoms with Crippen molar-refractivity contribution in [2.75, 3.05) is 13.1 Å². The average Bonchev–Trinajstić information content (AvgIpc) is 2.77. The van der Waals surface area contributed by atoms with E-state index in [1.807, 2.05) is 0 Å². The fourth-order valence-electron chi connectivity index (χ4n) is 3.47. The zero-order valence-electron chi connectivity index (χ0n) is 11.8. The van der Waals surface area contributed by atoms with Crippen molar-refractivity contribution < 1.29 is 0 Å². The molecule has 0 saturated heterocycles. The molecule has 1 fully saturated rings. The second-order valence-corrected chi connectivity index (χ2v) is 5.97. The lowest BCUT2D eigenvalue weighted by atomic mass is 9.83. The van der Waals surface area contributed by atoms with E-state index in [1.54, 1.807) is 5.56 Å². The molecule has 1 heterocycles. The van der Waals surface area contributed by atoms with Crippen LogP contribution in [0.15, 0.2) is 30.3 Å². The maximum absolute atomic E-state index is 3.46. The largest absolute Gasteiger partial charge is 0.316 e. The fraction of sp³-hybridized carbons (Fsp3) is 0.556. The Morgan fingerprint density at radius 3 is 2.47 bits per heavy atom. The molecule has 0 aromatic heterocycles. The number of rotatable bonds is 2. The topological polar surface area (TPSA) is 12.0 Å². The first-order valence-corrected chi connectivity index (χ1v) is 7.93. The standard InChI is InChI=1S/C18H25N/c1-2-5-15(6-3-1)17-8-10-18(11-9-17)16-7-4-13-19-14-12-16/h7-11,15,19H,1-6,12-14H2. The quantitative estimate of drug-likeness (QED) is 0.820. The van der Waals surface area contributed by atoms with E-state index in [4.69, 9.17) is 0 Å². The zero-order chi connectivity index (χ0) is 12.9. The van der Waals surface area contributed by atoms with Crippen molar-refractivity contribution in [1.29, 1.82) is 0 Å². The van der Waals surface area contributed by atoms with Crippen LogP contribution in [0.4, 0.5) is 0 Å². The van der Waals surface area contributed by atoms with E-state index in [0.29, 0.717) is 0 Å². The van der Waals surface area contributed by atoms with Crippen LogP contribution in [-0.4, -0.2) is 13.1 Å². The van der Waals surface area contributed by atoms with Gasteiger partial charge in [0.05, 0.1) is 0 Å². The highest BCUT2D eigenvalue weighted by Gasteiger charge is 2.15. The van der Waals surface area contributed by atoms with Crippen LogP contribution in [0.25, 0.3) is 5.57 Å². The van der Waals surface area contributed by atoms with Gasteiger partial charge in [0.2, 0.25) is 0 Å². The molecular formula is C18H25N. The Hall–Kier alpha value is -1.08. The second kappa shape index (κ2) is 6.38. The summed E-state index contributed by atoms with van der Waals surface area (Å²) in [7, 11) is 0. The Bertz CT molecular complexity index is 424. The predicted octanol–water partition coefficient (Wildman–Crippen LogP) is 4.50. The van der Waals surface area contributed by atoms with Crippen LogP contribution in [0.5, 0.6) is 0 Å². The average molecular weight is 255 g/mol. The molecule has 3 rings (SSSR count). The van der Waals surface area contributed by atoms with E-state index >= 15 is 0 Å². The van der Waals surface area contributed by atoms with Gasteiger partial charge in [0.15, 0.2) is 0 Å². The van der Waals surface area contributed by atoms with Gasteiger partial charge in [-0.1, -0.05) is 49.6 Å². The van der Waals surface area contributed by atoms with Crippen molar-refractivity contribution >= 4 is 5.57 Å². The molecule has 0 bridgehead atoms. The normalized spacial score (nSPS) is 21.8. The lowest BCUT2D eigenvalue weighted by molar-refractivity contribution is 0.443. The highest BCUT2D eigenvalue weighted by atomic mass is 14.8. The van der Waals surface area contributed by atoms with Gasteiger partial charge in [0.1, 0.15) is 0 Å². The lowest BCUT2D eigenvalue weighted by Gasteiger charge is -2.22. The molecule has 1 heteroatoms. The summed E-state index contributed by atoms with van der Waals surface area (Å²) in [6.07, 6.45) is 11.8. The summed E-state index contributed by atoms with van der Waals surface area (Å²) >= 11 is 0. The van der Waals surface area contributed by atoms with Gasteiger partial charge in [-0.05, 0) is 61.4 Å².